The molecule has 2 aromatic heterocycles. The van der Waals surface area contributed by atoms with Gasteiger partial charge in [0.05, 0.1) is 29.6 Å². The van der Waals surface area contributed by atoms with Gasteiger partial charge in [0, 0.05) is 24.4 Å². The zero-order valence-corrected chi connectivity index (χ0v) is 22.1. The van der Waals surface area contributed by atoms with E-state index in [1.165, 1.54) is 0 Å². The zero-order valence-electron chi connectivity index (χ0n) is 22.1. The van der Waals surface area contributed by atoms with Gasteiger partial charge in [-0.15, -0.1) is 0 Å². The van der Waals surface area contributed by atoms with E-state index in [9.17, 15) is 20.0 Å². The normalized spacial score (nSPS) is 11.4. The van der Waals surface area contributed by atoms with Crippen LogP contribution < -0.4 is 10.6 Å². The molecule has 0 aliphatic rings. The minimum atomic E-state index is -1.12. The van der Waals surface area contributed by atoms with Crippen molar-refractivity contribution in [2.45, 2.75) is 46.2 Å². The third kappa shape index (κ3) is 6.67. The van der Waals surface area contributed by atoms with Gasteiger partial charge in [-0.1, -0.05) is 19.1 Å². The SMILES string of the molecule is CCc1cc(C#N)cc(C)c1C(=O)NC(Cc1ccc(-n2ccc(CNc3cc(C)ccn3)n2)cc1)C(=O)O. The molecule has 9 heteroatoms. The third-order valence-electron chi connectivity index (χ3n) is 6.41. The molecule has 1 amide bonds. The predicted molar refractivity (Wildman–Crippen MR) is 148 cm³/mol. The highest BCUT2D eigenvalue weighted by Crippen LogP contribution is 2.19. The molecular weight excluding hydrogens is 492 g/mol. The van der Waals surface area contributed by atoms with E-state index in [4.69, 9.17) is 0 Å². The van der Waals surface area contributed by atoms with E-state index in [0.717, 1.165) is 28.3 Å². The fourth-order valence-corrected chi connectivity index (χ4v) is 4.39. The maximum atomic E-state index is 13.1. The summed E-state index contributed by atoms with van der Waals surface area (Å²) >= 11 is 0. The molecule has 3 N–H and O–H groups in total. The van der Waals surface area contributed by atoms with Crippen molar-refractivity contribution >= 4 is 17.7 Å². The number of anilines is 1. The number of carbonyl (C=O) groups excluding carboxylic acids is 1. The molecule has 1 unspecified atom stereocenters. The van der Waals surface area contributed by atoms with E-state index in [1.54, 1.807) is 29.9 Å². The first-order valence-corrected chi connectivity index (χ1v) is 12.6. The molecule has 2 heterocycles. The van der Waals surface area contributed by atoms with Crippen molar-refractivity contribution < 1.29 is 14.7 Å². The molecule has 198 valence electrons. The molecule has 0 aliphatic heterocycles. The Morgan fingerprint density at radius 3 is 2.54 bits per heavy atom. The molecule has 2 aromatic carbocycles. The van der Waals surface area contributed by atoms with Gasteiger partial charge in [0.25, 0.3) is 5.91 Å². The van der Waals surface area contributed by atoms with Crippen molar-refractivity contribution in [1.82, 2.24) is 20.1 Å². The van der Waals surface area contributed by atoms with Gasteiger partial charge in [0.15, 0.2) is 0 Å². The van der Waals surface area contributed by atoms with Crippen LogP contribution in [0.15, 0.2) is 67.0 Å². The van der Waals surface area contributed by atoms with Crippen molar-refractivity contribution in [1.29, 1.82) is 5.26 Å². The maximum Gasteiger partial charge on any atom is 0.326 e. The van der Waals surface area contributed by atoms with Gasteiger partial charge in [0.1, 0.15) is 11.9 Å². The number of carboxylic acids is 1. The Kier molecular flexibility index (Phi) is 8.37. The molecule has 4 aromatic rings. The van der Waals surface area contributed by atoms with E-state index in [0.29, 0.717) is 35.2 Å². The van der Waals surface area contributed by atoms with Crippen LogP contribution >= 0.6 is 0 Å². The second-order valence-corrected chi connectivity index (χ2v) is 9.35. The first-order chi connectivity index (χ1) is 18.8. The predicted octanol–water partition coefficient (Wildman–Crippen LogP) is 4.36. The number of hydrogen-bond donors (Lipinski definition) is 3. The largest absolute Gasteiger partial charge is 0.480 e. The second-order valence-electron chi connectivity index (χ2n) is 9.35. The van der Waals surface area contributed by atoms with Crippen LogP contribution in [0.25, 0.3) is 5.69 Å². The van der Waals surface area contributed by atoms with Crippen molar-refractivity contribution in [3.05, 3.63) is 106 Å². The highest BCUT2D eigenvalue weighted by molar-refractivity contribution is 5.99. The molecule has 0 fully saturated rings. The van der Waals surface area contributed by atoms with E-state index >= 15 is 0 Å². The number of pyridine rings is 1. The van der Waals surface area contributed by atoms with Gasteiger partial charge in [-0.3, -0.25) is 4.79 Å². The summed E-state index contributed by atoms with van der Waals surface area (Å²) in [5.41, 5.74) is 5.80. The summed E-state index contributed by atoms with van der Waals surface area (Å²) in [5, 5.41) is 29.6. The quantitative estimate of drug-likeness (QED) is 0.282. The van der Waals surface area contributed by atoms with E-state index in [2.05, 4.69) is 26.8 Å². The summed E-state index contributed by atoms with van der Waals surface area (Å²) < 4.78 is 1.75. The fraction of sp³-hybridized carbons (Fsp3) is 0.233. The number of nitrogens with zero attached hydrogens (tertiary/aromatic N) is 4. The molecule has 1 atom stereocenters. The number of hydrogen-bond acceptors (Lipinski definition) is 6. The average molecular weight is 523 g/mol. The van der Waals surface area contributed by atoms with Crippen LogP contribution in [-0.2, 0) is 24.2 Å². The Labute approximate surface area is 227 Å². The minimum Gasteiger partial charge on any atom is -0.480 e. The smallest absolute Gasteiger partial charge is 0.326 e. The van der Waals surface area contributed by atoms with Crippen LogP contribution in [-0.4, -0.2) is 37.8 Å². The van der Waals surface area contributed by atoms with Gasteiger partial charge in [-0.25, -0.2) is 14.5 Å². The Morgan fingerprint density at radius 2 is 1.87 bits per heavy atom. The molecular formula is C30H30N6O3. The van der Waals surface area contributed by atoms with Crippen LogP contribution in [0.3, 0.4) is 0 Å². The van der Waals surface area contributed by atoms with E-state index < -0.39 is 17.9 Å². The number of nitrogens with one attached hydrogen (secondary N) is 2. The van der Waals surface area contributed by atoms with Crippen molar-refractivity contribution in [2.75, 3.05) is 5.32 Å². The van der Waals surface area contributed by atoms with Gasteiger partial charge >= 0.3 is 5.97 Å². The van der Waals surface area contributed by atoms with Gasteiger partial charge in [-0.2, -0.15) is 10.4 Å². The molecule has 0 saturated heterocycles. The van der Waals surface area contributed by atoms with Crippen LogP contribution in [0.1, 0.15) is 50.8 Å². The number of amides is 1. The molecule has 39 heavy (non-hydrogen) atoms. The molecule has 9 nitrogen and oxygen atoms in total. The fourth-order valence-electron chi connectivity index (χ4n) is 4.39. The first kappa shape index (κ1) is 27.1. The zero-order chi connectivity index (χ0) is 27.9. The van der Waals surface area contributed by atoms with Crippen molar-refractivity contribution in [3.63, 3.8) is 0 Å². The number of rotatable bonds is 10. The number of aromatic nitrogens is 3. The third-order valence-corrected chi connectivity index (χ3v) is 6.41. The maximum absolute atomic E-state index is 13.1. The summed E-state index contributed by atoms with van der Waals surface area (Å²) in [6.45, 7) is 6.18. The molecule has 4 rings (SSSR count). The van der Waals surface area contributed by atoms with E-state index in [-0.39, 0.29) is 6.42 Å². The Balaban J connectivity index is 1.42. The van der Waals surface area contributed by atoms with Crippen LogP contribution in [0.4, 0.5) is 5.82 Å². The number of carbonyl (C=O) groups is 2. The van der Waals surface area contributed by atoms with Crippen molar-refractivity contribution in [3.8, 4) is 11.8 Å². The Morgan fingerprint density at radius 1 is 1.10 bits per heavy atom. The standard InChI is InChI=1S/C30H30N6O3/c1-4-23-15-22(17-31)14-20(3)28(23)29(37)34-26(30(38)39)16-21-5-7-25(8-6-21)36-12-10-24(35-36)18-33-27-13-19(2)9-11-32-27/h5-15,26H,4,16,18H2,1-3H3,(H,32,33)(H,34,37)(H,38,39). The summed E-state index contributed by atoms with van der Waals surface area (Å²) in [4.78, 5) is 29.4. The summed E-state index contributed by atoms with van der Waals surface area (Å²) in [7, 11) is 0. The molecule has 0 radical (unpaired) electrons. The van der Waals surface area contributed by atoms with Gasteiger partial charge < -0.3 is 15.7 Å². The molecule has 0 bridgehead atoms. The van der Waals surface area contributed by atoms with Crippen LogP contribution in [0, 0.1) is 25.2 Å². The number of aryl methyl sites for hydroxylation is 3. The number of nitriles is 1. The first-order valence-electron chi connectivity index (χ1n) is 12.6. The monoisotopic (exact) mass is 522 g/mol. The lowest BCUT2D eigenvalue weighted by Crippen LogP contribution is -2.42. The lowest BCUT2D eigenvalue weighted by Gasteiger charge is -2.18. The van der Waals surface area contributed by atoms with Crippen LogP contribution in [0.2, 0.25) is 0 Å². The average Bonchev–Trinajstić information content (AvgIpc) is 3.40. The Bertz CT molecular complexity index is 1540. The highest BCUT2D eigenvalue weighted by atomic mass is 16.4. The lowest BCUT2D eigenvalue weighted by atomic mass is 9.96. The molecule has 0 spiro atoms. The highest BCUT2D eigenvalue weighted by Gasteiger charge is 2.24. The molecule has 0 saturated carbocycles. The minimum absolute atomic E-state index is 0.121. The molecule has 0 aliphatic carbocycles. The van der Waals surface area contributed by atoms with Gasteiger partial charge in [-0.05, 0) is 85.0 Å². The van der Waals surface area contributed by atoms with Crippen molar-refractivity contribution in [2.24, 2.45) is 0 Å². The topological polar surface area (TPSA) is 133 Å². The summed E-state index contributed by atoms with van der Waals surface area (Å²) in [6.07, 6.45) is 4.29. The number of aliphatic carboxylic acids is 1. The number of benzene rings is 2. The second kappa shape index (κ2) is 12.0. The number of carboxylic acid groups (broad SMARTS) is 1. The summed E-state index contributed by atoms with van der Waals surface area (Å²) in [6, 6.07) is 17.5. The van der Waals surface area contributed by atoms with E-state index in [1.807, 2.05) is 62.5 Å². The van der Waals surface area contributed by atoms with Gasteiger partial charge in [0.2, 0.25) is 0 Å². The Hall–Kier alpha value is -4.97. The van der Waals surface area contributed by atoms with Crippen LogP contribution in [0.5, 0.6) is 0 Å². The lowest BCUT2D eigenvalue weighted by molar-refractivity contribution is -0.139. The summed E-state index contributed by atoms with van der Waals surface area (Å²) in [5.74, 6) is -0.797.